The second-order valence-corrected chi connectivity index (χ2v) is 9.88. The summed E-state index contributed by atoms with van der Waals surface area (Å²) in [5.41, 5.74) is 3.28. The summed E-state index contributed by atoms with van der Waals surface area (Å²) < 4.78 is 32.7. The van der Waals surface area contributed by atoms with Gasteiger partial charge in [0, 0.05) is 31.9 Å². The fourth-order valence-electron chi connectivity index (χ4n) is 3.71. The van der Waals surface area contributed by atoms with Crippen LogP contribution >= 0.6 is 0 Å². The second-order valence-electron chi connectivity index (χ2n) is 7.95. The topological polar surface area (TPSA) is 74.8 Å². The van der Waals surface area contributed by atoms with Crippen LogP contribution in [0.4, 0.5) is 17.3 Å². The fraction of sp³-hybridized carbons (Fsp3) is 0.292. The Balaban J connectivity index is 1.45. The molecule has 2 heterocycles. The molecule has 0 saturated carbocycles. The van der Waals surface area contributed by atoms with Crippen LogP contribution in [0.1, 0.15) is 11.1 Å². The van der Waals surface area contributed by atoms with Crippen LogP contribution in [0.3, 0.4) is 0 Å². The van der Waals surface area contributed by atoms with Gasteiger partial charge in [-0.1, -0.05) is 17.7 Å². The third-order valence-corrected chi connectivity index (χ3v) is 7.45. The Hall–Kier alpha value is -3.10. The molecule has 1 aliphatic heterocycles. The van der Waals surface area contributed by atoms with E-state index < -0.39 is 10.0 Å². The summed E-state index contributed by atoms with van der Waals surface area (Å²) in [6.07, 6.45) is 0. The third-order valence-electron chi connectivity index (χ3n) is 5.54. The summed E-state index contributed by atoms with van der Waals surface area (Å²) in [6, 6.07) is 18.7. The van der Waals surface area contributed by atoms with Gasteiger partial charge < -0.3 is 15.0 Å². The van der Waals surface area contributed by atoms with E-state index in [1.165, 1.54) is 9.87 Å². The Morgan fingerprint density at radius 2 is 1.53 bits per heavy atom. The molecule has 32 heavy (non-hydrogen) atoms. The van der Waals surface area contributed by atoms with Gasteiger partial charge in [-0.25, -0.2) is 13.4 Å². The minimum absolute atomic E-state index is 0.282. The predicted octanol–water partition coefficient (Wildman–Crippen LogP) is 3.96. The number of anilines is 3. The summed E-state index contributed by atoms with van der Waals surface area (Å²) in [7, 11) is -1.98. The van der Waals surface area contributed by atoms with Crippen molar-refractivity contribution in [3.63, 3.8) is 0 Å². The standard InChI is InChI=1S/C24H28N4O3S/c1-18-4-6-20(7-5-18)25-23-16-19(2)17-24(26-23)27-12-14-28(15-13-27)32(29,30)22-10-8-21(31-3)9-11-22/h4-11,16-17H,12-15H2,1-3H3,(H,25,26). The summed E-state index contributed by atoms with van der Waals surface area (Å²) >= 11 is 0. The lowest BCUT2D eigenvalue weighted by molar-refractivity contribution is 0.383. The van der Waals surface area contributed by atoms with Crippen molar-refractivity contribution in [2.24, 2.45) is 0 Å². The van der Waals surface area contributed by atoms with E-state index >= 15 is 0 Å². The van der Waals surface area contributed by atoms with Gasteiger partial charge in [0.05, 0.1) is 12.0 Å². The maximum Gasteiger partial charge on any atom is 0.243 e. The zero-order chi connectivity index (χ0) is 22.7. The number of nitrogens with zero attached hydrogens (tertiary/aromatic N) is 3. The highest BCUT2D eigenvalue weighted by molar-refractivity contribution is 7.89. The molecule has 0 aliphatic carbocycles. The van der Waals surface area contributed by atoms with Crippen molar-refractivity contribution in [2.45, 2.75) is 18.7 Å². The molecule has 1 fully saturated rings. The van der Waals surface area contributed by atoms with Crippen molar-refractivity contribution in [1.82, 2.24) is 9.29 Å². The SMILES string of the molecule is COc1ccc(S(=O)(=O)N2CCN(c3cc(C)cc(Nc4ccc(C)cc4)n3)CC2)cc1. The number of piperazine rings is 1. The van der Waals surface area contributed by atoms with E-state index in [1.54, 1.807) is 31.4 Å². The van der Waals surface area contributed by atoms with Crippen LogP contribution in [0.15, 0.2) is 65.6 Å². The van der Waals surface area contributed by atoms with Gasteiger partial charge >= 0.3 is 0 Å². The Labute approximate surface area is 189 Å². The van der Waals surface area contributed by atoms with E-state index in [9.17, 15) is 8.42 Å². The molecule has 1 N–H and O–H groups in total. The number of aryl methyl sites for hydroxylation is 2. The number of rotatable bonds is 6. The molecule has 4 rings (SSSR count). The molecule has 0 radical (unpaired) electrons. The number of ether oxygens (including phenoxy) is 1. The van der Waals surface area contributed by atoms with E-state index in [0.29, 0.717) is 31.9 Å². The fourth-order valence-corrected chi connectivity index (χ4v) is 5.14. The van der Waals surface area contributed by atoms with E-state index in [1.807, 2.05) is 31.2 Å². The molecule has 0 spiro atoms. The van der Waals surface area contributed by atoms with Gasteiger partial charge in [-0.2, -0.15) is 4.31 Å². The Bertz CT molecular complexity index is 1170. The molecule has 1 saturated heterocycles. The van der Waals surface area contributed by atoms with E-state index in [2.05, 4.69) is 29.3 Å². The summed E-state index contributed by atoms with van der Waals surface area (Å²) in [6.45, 7) is 6.07. The average Bonchev–Trinajstić information content (AvgIpc) is 2.80. The first-order chi connectivity index (χ1) is 15.3. The number of methoxy groups -OCH3 is 1. The number of pyridine rings is 1. The number of hydrogen-bond donors (Lipinski definition) is 1. The van der Waals surface area contributed by atoms with Crippen LogP contribution in [0, 0.1) is 13.8 Å². The zero-order valence-electron chi connectivity index (χ0n) is 18.6. The normalized spacial score (nSPS) is 14.9. The quantitative estimate of drug-likeness (QED) is 0.610. The van der Waals surface area contributed by atoms with Crippen LogP contribution in [0.2, 0.25) is 0 Å². The van der Waals surface area contributed by atoms with E-state index in [0.717, 1.165) is 22.9 Å². The first-order valence-corrected chi connectivity index (χ1v) is 12.0. The summed E-state index contributed by atoms with van der Waals surface area (Å²) in [5.74, 6) is 2.26. The minimum atomic E-state index is -3.53. The maximum atomic E-state index is 13.0. The molecule has 0 atom stereocenters. The predicted molar refractivity (Wildman–Crippen MR) is 127 cm³/mol. The first-order valence-electron chi connectivity index (χ1n) is 10.6. The molecule has 8 heteroatoms. The molecule has 168 valence electrons. The highest BCUT2D eigenvalue weighted by Gasteiger charge is 2.29. The summed E-state index contributed by atoms with van der Waals surface area (Å²) in [5, 5.41) is 3.36. The highest BCUT2D eigenvalue weighted by Crippen LogP contribution is 2.25. The van der Waals surface area contributed by atoms with E-state index in [-0.39, 0.29) is 4.90 Å². The first kappa shape index (κ1) is 22.1. The van der Waals surface area contributed by atoms with Crippen LogP contribution in [-0.4, -0.2) is 51.0 Å². The van der Waals surface area contributed by atoms with Crippen LogP contribution in [0.5, 0.6) is 5.75 Å². The van der Waals surface area contributed by atoms with Crippen LogP contribution in [0.25, 0.3) is 0 Å². The highest BCUT2D eigenvalue weighted by atomic mass is 32.2. The Morgan fingerprint density at radius 1 is 0.875 bits per heavy atom. The van der Waals surface area contributed by atoms with Gasteiger partial charge in [-0.3, -0.25) is 0 Å². The van der Waals surface area contributed by atoms with Gasteiger partial charge in [0.15, 0.2) is 0 Å². The molecular formula is C24H28N4O3S. The van der Waals surface area contributed by atoms with Crippen molar-refractivity contribution in [2.75, 3.05) is 43.5 Å². The minimum Gasteiger partial charge on any atom is -0.497 e. The van der Waals surface area contributed by atoms with Crippen LogP contribution < -0.4 is 15.0 Å². The Morgan fingerprint density at radius 3 is 2.16 bits per heavy atom. The molecular weight excluding hydrogens is 424 g/mol. The zero-order valence-corrected chi connectivity index (χ0v) is 19.4. The molecule has 7 nitrogen and oxygen atoms in total. The molecule has 3 aromatic rings. The van der Waals surface area contributed by atoms with Crippen molar-refractivity contribution >= 4 is 27.3 Å². The van der Waals surface area contributed by atoms with Gasteiger partial charge in [0.25, 0.3) is 0 Å². The average molecular weight is 453 g/mol. The second kappa shape index (κ2) is 9.18. The monoisotopic (exact) mass is 452 g/mol. The lowest BCUT2D eigenvalue weighted by Crippen LogP contribution is -2.48. The molecule has 0 amide bonds. The summed E-state index contributed by atoms with van der Waals surface area (Å²) in [4.78, 5) is 7.19. The third kappa shape index (κ3) is 4.87. The van der Waals surface area contributed by atoms with E-state index in [4.69, 9.17) is 9.72 Å². The van der Waals surface area contributed by atoms with Crippen molar-refractivity contribution in [1.29, 1.82) is 0 Å². The number of aromatic nitrogens is 1. The Kier molecular flexibility index (Phi) is 6.34. The van der Waals surface area contributed by atoms with Crippen molar-refractivity contribution in [3.05, 3.63) is 71.8 Å². The van der Waals surface area contributed by atoms with Gasteiger partial charge in [0.2, 0.25) is 10.0 Å². The smallest absolute Gasteiger partial charge is 0.243 e. The number of hydrogen-bond acceptors (Lipinski definition) is 6. The molecule has 0 bridgehead atoms. The molecule has 0 unspecified atom stereocenters. The largest absolute Gasteiger partial charge is 0.497 e. The van der Waals surface area contributed by atoms with Gasteiger partial charge in [-0.05, 0) is 67.9 Å². The lowest BCUT2D eigenvalue weighted by Gasteiger charge is -2.35. The van der Waals surface area contributed by atoms with Crippen molar-refractivity contribution in [3.8, 4) is 5.75 Å². The number of sulfonamides is 1. The van der Waals surface area contributed by atoms with Gasteiger partial charge in [-0.15, -0.1) is 0 Å². The molecule has 2 aromatic carbocycles. The lowest BCUT2D eigenvalue weighted by atomic mass is 10.2. The van der Waals surface area contributed by atoms with Crippen LogP contribution in [-0.2, 0) is 10.0 Å². The number of benzene rings is 2. The van der Waals surface area contributed by atoms with Gasteiger partial charge in [0.1, 0.15) is 17.4 Å². The number of nitrogens with one attached hydrogen (secondary N) is 1. The molecule has 1 aromatic heterocycles. The maximum absolute atomic E-state index is 13.0. The van der Waals surface area contributed by atoms with Crippen molar-refractivity contribution < 1.29 is 13.2 Å². The molecule has 1 aliphatic rings.